The van der Waals surface area contributed by atoms with Crippen molar-refractivity contribution in [3.05, 3.63) is 35.9 Å². The van der Waals surface area contributed by atoms with E-state index in [1.807, 2.05) is 35.2 Å². The van der Waals surface area contributed by atoms with Gasteiger partial charge in [-0.3, -0.25) is 4.79 Å². The number of nitrogens with two attached hydrogens (primary N) is 2. The molecule has 0 radical (unpaired) electrons. The topological polar surface area (TPSA) is 72.4 Å². The first kappa shape index (κ1) is 13.6. The Kier molecular flexibility index (Phi) is 3.30. The Balaban J connectivity index is 1.77. The van der Waals surface area contributed by atoms with Crippen molar-refractivity contribution in [2.24, 2.45) is 23.3 Å². The van der Waals surface area contributed by atoms with Gasteiger partial charge in [-0.1, -0.05) is 30.3 Å². The molecule has 4 atom stereocenters. The Hall–Kier alpha value is -1.39. The van der Waals surface area contributed by atoms with Crippen LogP contribution in [0.1, 0.15) is 25.3 Å². The van der Waals surface area contributed by atoms with E-state index < -0.39 is 5.54 Å². The Morgan fingerprint density at radius 3 is 2.60 bits per heavy atom. The molecule has 1 aromatic carbocycles. The third-order valence-electron chi connectivity index (χ3n) is 5.02. The van der Waals surface area contributed by atoms with Crippen molar-refractivity contribution in [3.63, 3.8) is 0 Å². The maximum Gasteiger partial charge on any atom is 0.246 e. The second kappa shape index (κ2) is 4.86. The maximum absolute atomic E-state index is 12.8. The SMILES string of the molecule is CC(N)(C(=O)N1CC2CCC(N)C2C1)c1ccccc1. The number of rotatable bonds is 2. The number of fused-ring (bicyclic) bond motifs is 1. The molecule has 1 saturated carbocycles. The highest BCUT2D eigenvalue weighted by Crippen LogP contribution is 2.38. The molecule has 4 nitrogen and oxygen atoms in total. The molecule has 4 unspecified atom stereocenters. The van der Waals surface area contributed by atoms with Gasteiger partial charge in [-0.15, -0.1) is 0 Å². The molecule has 1 aromatic rings. The van der Waals surface area contributed by atoms with Gasteiger partial charge < -0.3 is 16.4 Å². The minimum Gasteiger partial charge on any atom is -0.340 e. The predicted molar refractivity (Wildman–Crippen MR) is 78.8 cm³/mol. The lowest BCUT2D eigenvalue weighted by atomic mass is 9.91. The van der Waals surface area contributed by atoms with E-state index in [0.29, 0.717) is 11.8 Å². The summed E-state index contributed by atoms with van der Waals surface area (Å²) >= 11 is 0. The van der Waals surface area contributed by atoms with Crippen LogP contribution in [0.2, 0.25) is 0 Å². The molecular formula is C16H23N3O. The number of carbonyl (C=O) groups is 1. The van der Waals surface area contributed by atoms with Crippen molar-refractivity contribution in [1.29, 1.82) is 0 Å². The van der Waals surface area contributed by atoms with E-state index >= 15 is 0 Å². The fourth-order valence-corrected chi connectivity index (χ4v) is 3.71. The number of carbonyl (C=O) groups excluding carboxylic acids is 1. The van der Waals surface area contributed by atoms with E-state index in [0.717, 1.165) is 31.5 Å². The standard InChI is InChI=1S/C16H23N3O/c1-16(18,12-5-3-2-4-6-12)15(20)19-9-11-7-8-14(17)13(11)10-19/h2-6,11,13-14H,7-10,17-18H2,1H3. The number of hydrogen-bond donors (Lipinski definition) is 2. The smallest absolute Gasteiger partial charge is 0.246 e. The lowest BCUT2D eigenvalue weighted by molar-refractivity contribution is -0.136. The third-order valence-corrected chi connectivity index (χ3v) is 5.02. The van der Waals surface area contributed by atoms with Gasteiger partial charge in [-0.25, -0.2) is 0 Å². The highest BCUT2D eigenvalue weighted by atomic mass is 16.2. The van der Waals surface area contributed by atoms with Crippen LogP contribution in [0.3, 0.4) is 0 Å². The van der Waals surface area contributed by atoms with Gasteiger partial charge in [0.05, 0.1) is 0 Å². The van der Waals surface area contributed by atoms with Crippen LogP contribution in [0, 0.1) is 11.8 Å². The van der Waals surface area contributed by atoms with E-state index in [1.54, 1.807) is 6.92 Å². The van der Waals surface area contributed by atoms with Crippen molar-refractivity contribution >= 4 is 5.91 Å². The first-order valence-corrected chi connectivity index (χ1v) is 7.39. The monoisotopic (exact) mass is 273 g/mol. The molecule has 1 aliphatic carbocycles. The Morgan fingerprint density at radius 2 is 1.95 bits per heavy atom. The number of hydrogen-bond acceptors (Lipinski definition) is 3. The molecule has 4 heteroatoms. The average Bonchev–Trinajstić information content (AvgIpc) is 3.01. The van der Waals surface area contributed by atoms with Crippen LogP contribution in [-0.2, 0) is 10.3 Å². The minimum absolute atomic E-state index is 0.0188. The zero-order chi connectivity index (χ0) is 14.3. The van der Waals surface area contributed by atoms with Crippen molar-refractivity contribution < 1.29 is 4.79 Å². The first-order chi connectivity index (χ1) is 9.50. The molecule has 1 aliphatic heterocycles. The van der Waals surface area contributed by atoms with Crippen LogP contribution in [-0.4, -0.2) is 29.9 Å². The van der Waals surface area contributed by atoms with Crippen LogP contribution < -0.4 is 11.5 Å². The summed E-state index contributed by atoms with van der Waals surface area (Å²) in [5.74, 6) is 1.05. The molecule has 20 heavy (non-hydrogen) atoms. The highest BCUT2D eigenvalue weighted by Gasteiger charge is 2.45. The van der Waals surface area contributed by atoms with Gasteiger partial charge in [0.15, 0.2) is 0 Å². The number of likely N-dealkylation sites (tertiary alicyclic amines) is 1. The van der Waals surface area contributed by atoms with Gasteiger partial charge in [-0.05, 0) is 37.2 Å². The van der Waals surface area contributed by atoms with Crippen LogP contribution in [0.4, 0.5) is 0 Å². The normalized spacial score (nSPS) is 31.9. The molecule has 2 aliphatic rings. The fourth-order valence-electron chi connectivity index (χ4n) is 3.71. The van der Waals surface area contributed by atoms with Crippen molar-refractivity contribution in [2.75, 3.05) is 13.1 Å². The Labute approximate surface area is 120 Å². The number of benzene rings is 1. The lowest BCUT2D eigenvalue weighted by Crippen LogP contribution is -2.50. The minimum atomic E-state index is -0.954. The molecule has 1 saturated heterocycles. The van der Waals surface area contributed by atoms with E-state index in [9.17, 15) is 4.79 Å². The van der Waals surface area contributed by atoms with Crippen LogP contribution in [0.15, 0.2) is 30.3 Å². The molecule has 0 spiro atoms. The van der Waals surface area contributed by atoms with E-state index in [4.69, 9.17) is 11.5 Å². The number of nitrogens with zero attached hydrogens (tertiary/aromatic N) is 1. The summed E-state index contributed by atoms with van der Waals surface area (Å²) in [6.07, 6.45) is 2.23. The summed E-state index contributed by atoms with van der Waals surface area (Å²) in [5.41, 5.74) is 12.4. The van der Waals surface area contributed by atoms with Crippen LogP contribution in [0.5, 0.6) is 0 Å². The summed E-state index contributed by atoms with van der Waals surface area (Å²) in [5, 5.41) is 0. The summed E-state index contributed by atoms with van der Waals surface area (Å²) in [6.45, 7) is 3.39. The second-order valence-corrected chi connectivity index (χ2v) is 6.44. The van der Waals surface area contributed by atoms with Gasteiger partial charge in [0.1, 0.15) is 5.54 Å². The first-order valence-electron chi connectivity index (χ1n) is 7.39. The third kappa shape index (κ3) is 2.13. The van der Waals surface area contributed by atoms with Crippen LogP contribution in [0.25, 0.3) is 0 Å². The highest BCUT2D eigenvalue weighted by molar-refractivity contribution is 5.87. The zero-order valence-electron chi connectivity index (χ0n) is 12.0. The Morgan fingerprint density at radius 1 is 1.25 bits per heavy atom. The van der Waals surface area contributed by atoms with E-state index in [2.05, 4.69) is 0 Å². The molecule has 2 fully saturated rings. The van der Waals surface area contributed by atoms with E-state index in [-0.39, 0.29) is 11.9 Å². The van der Waals surface area contributed by atoms with Crippen molar-refractivity contribution in [1.82, 2.24) is 4.90 Å². The van der Waals surface area contributed by atoms with Crippen LogP contribution >= 0.6 is 0 Å². The largest absolute Gasteiger partial charge is 0.340 e. The summed E-state index contributed by atoms with van der Waals surface area (Å²) in [4.78, 5) is 14.7. The van der Waals surface area contributed by atoms with E-state index in [1.165, 1.54) is 0 Å². The quantitative estimate of drug-likeness (QED) is 0.846. The van der Waals surface area contributed by atoms with Gasteiger partial charge in [0.2, 0.25) is 5.91 Å². The second-order valence-electron chi connectivity index (χ2n) is 6.44. The fraction of sp³-hybridized carbons (Fsp3) is 0.562. The van der Waals surface area contributed by atoms with Crippen molar-refractivity contribution in [3.8, 4) is 0 Å². The maximum atomic E-state index is 12.8. The lowest BCUT2D eigenvalue weighted by Gasteiger charge is -2.30. The average molecular weight is 273 g/mol. The molecule has 1 heterocycles. The van der Waals surface area contributed by atoms with Crippen molar-refractivity contribution in [2.45, 2.75) is 31.3 Å². The van der Waals surface area contributed by atoms with Gasteiger partial charge in [0.25, 0.3) is 0 Å². The van der Waals surface area contributed by atoms with Gasteiger partial charge in [0, 0.05) is 19.1 Å². The molecule has 108 valence electrons. The Bertz CT molecular complexity index is 500. The molecule has 1 amide bonds. The molecule has 0 aromatic heterocycles. The summed E-state index contributed by atoms with van der Waals surface area (Å²) in [6, 6.07) is 9.85. The van der Waals surface area contributed by atoms with Gasteiger partial charge in [-0.2, -0.15) is 0 Å². The van der Waals surface area contributed by atoms with Gasteiger partial charge >= 0.3 is 0 Å². The number of amides is 1. The molecular weight excluding hydrogens is 250 g/mol. The molecule has 3 rings (SSSR count). The zero-order valence-corrected chi connectivity index (χ0v) is 12.0. The predicted octanol–water partition coefficient (Wildman–Crippen LogP) is 1.06. The summed E-state index contributed by atoms with van der Waals surface area (Å²) < 4.78 is 0. The molecule has 0 bridgehead atoms. The molecule has 4 N–H and O–H groups in total. The summed E-state index contributed by atoms with van der Waals surface area (Å²) in [7, 11) is 0.